The van der Waals surface area contributed by atoms with Gasteiger partial charge in [0.1, 0.15) is 17.3 Å². The van der Waals surface area contributed by atoms with Crippen molar-refractivity contribution in [3.05, 3.63) is 70.4 Å². The van der Waals surface area contributed by atoms with Gasteiger partial charge in [0, 0.05) is 28.5 Å². The lowest BCUT2D eigenvalue weighted by atomic mass is 9.78. The van der Waals surface area contributed by atoms with Crippen LogP contribution in [0.5, 0.6) is 0 Å². The molecule has 1 atom stereocenters. The molecule has 3 heterocycles. The summed E-state index contributed by atoms with van der Waals surface area (Å²) >= 11 is 2.98. The highest BCUT2D eigenvalue weighted by molar-refractivity contribution is 8.01. The van der Waals surface area contributed by atoms with Crippen LogP contribution in [0.1, 0.15) is 62.1 Å². The summed E-state index contributed by atoms with van der Waals surface area (Å²) in [4.78, 5) is 27.1. The van der Waals surface area contributed by atoms with E-state index in [4.69, 9.17) is 14.9 Å². The number of aromatic nitrogens is 2. The van der Waals surface area contributed by atoms with E-state index in [0.29, 0.717) is 58.9 Å². The van der Waals surface area contributed by atoms with Gasteiger partial charge >= 0.3 is 5.97 Å². The Morgan fingerprint density at radius 1 is 1.26 bits per heavy atom. The number of hydrogen-bond acceptors (Lipinski definition) is 11. The first-order chi connectivity index (χ1) is 18.8. The van der Waals surface area contributed by atoms with Crippen molar-refractivity contribution in [3.8, 4) is 17.4 Å². The molecule has 0 fully saturated rings. The zero-order valence-electron chi connectivity index (χ0n) is 21.8. The van der Waals surface area contributed by atoms with E-state index < -0.39 is 11.9 Å². The van der Waals surface area contributed by atoms with Crippen LogP contribution < -0.4 is 10.6 Å². The predicted octanol–water partition coefficient (Wildman–Crippen LogP) is 5.78. The molecule has 39 heavy (non-hydrogen) atoms. The molecule has 1 aliphatic carbocycles. The number of Topliss-reactive ketones (excluding diaryl/α,β-unsaturated/α-hetero) is 1. The number of hydrogen-bond donors (Lipinski definition) is 1. The molecule has 0 saturated carbocycles. The Hall–Kier alpha value is -3.88. The topological polar surface area (TPSA) is 135 Å². The lowest BCUT2D eigenvalue weighted by Crippen LogP contribution is -2.38. The van der Waals surface area contributed by atoms with E-state index in [1.54, 1.807) is 60.0 Å². The number of ether oxygens (including phenoxy) is 1. The third kappa shape index (κ3) is 5.10. The Kier molecular flexibility index (Phi) is 7.59. The molecule has 1 aromatic carbocycles. The van der Waals surface area contributed by atoms with Gasteiger partial charge in [-0.1, -0.05) is 49.1 Å². The summed E-state index contributed by atoms with van der Waals surface area (Å²) in [5.74, 6) is 0.0719. The number of nitrogens with zero attached hydrogens (tertiary/aromatic N) is 4. The molecule has 0 radical (unpaired) electrons. The molecule has 200 valence electrons. The molecule has 1 aliphatic heterocycles. The number of rotatable bonds is 7. The lowest BCUT2D eigenvalue weighted by molar-refractivity contribution is -0.116. The molecule has 0 saturated heterocycles. The van der Waals surface area contributed by atoms with E-state index in [1.165, 1.54) is 11.3 Å². The molecule has 5 rings (SSSR count). The highest BCUT2D eigenvalue weighted by Crippen LogP contribution is 2.48. The first-order valence-corrected chi connectivity index (χ1v) is 14.4. The van der Waals surface area contributed by atoms with Crippen LogP contribution in [-0.4, -0.2) is 33.8 Å². The summed E-state index contributed by atoms with van der Waals surface area (Å²) < 4.78 is 12.1. The van der Waals surface area contributed by atoms with Gasteiger partial charge in [-0.15, -0.1) is 10.2 Å². The van der Waals surface area contributed by atoms with E-state index in [9.17, 15) is 14.9 Å². The molecule has 0 amide bonds. The summed E-state index contributed by atoms with van der Waals surface area (Å²) in [7, 11) is 0. The minimum atomic E-state index is -0.723. The van der Waals surface area contributed by atoms with Crippen LogP contribution in [0.2, 0.25) is 0 Å². The SMILES string of the molecule is CCOC(=O)c1ccc(-c2ccc([C@H]3C(C#N)=C(N)N(c4nnc(SC(C)C)s4)C4=C3C(=O)CCC4)o2)cc1. The Bertz CT molecular complexity index is 1530. The van der Waals surface area contributed by atoms with Gasteiger partial charge in [0.2, 0.25) is 5.13 Å². The van der Waals surface area contributed by atoms with E-state index in [1.807, 2.05) is 0 Å². The van der Waals surface area contributed by atoms with Gasteiger partial charge in [0.25, 0.3) is 0 Å². The van der Waals surface area contributed by atoms with E-state index >= 15 is 0 Å². The summed E-state index contributed by atoms with van der Waals surface area (Å²) in [5, 5.41) is 19.7. The number of benzene rings is 1. The van der Waals surface area contributed by atoms with Gasteiger partial charge in [0.05, 0.1) is 29.7 Å². The predicted molar refractivity (Wildman–Crippen MR) is 149 cm³/mol. The van der Waals surface area contributed by atoms with Crippen LogP contribution >= 0.6 is 23.1 Å². The van der Waals surface area contributed by atoms with Crippen molar-refractivity contribution in [1.29, 1.82) is 5.26 Å². The summed E-state index contributed by atoms with van der Waals surface area (Å²) in [6, 6.07) is 12.7. The van der Waals surface area contributed by atoms with Crippen LogP contribution in [0.15, 0.2) is 67.8 Å². The van der Waals surface area contributed by atoms with Gasteiger partial charge in [-0.2, -0.15) is 5.26 Å². The molecular formula is C28H27N5O4S2. The molecule has 2 aromatic heterocycles. The van der Waals surface area contributed by atoms with Crippen molar-refractivity contribution >= 4 is 40.0 Å². The number of anilines is 1. The molecule has 0 spiro atoms. The second kappa shape index (κ2) is 11.1. The number of furan rings is 1. The number of allylic oxidation sites excluding steroid dienone is 3. The lowest BCUT2D eigenvalue weighted by Gasteiger charge is -2.37. The molecule has 11 heteroatoms. The summed E-state index contributed by atoms with van der Waals surface area (Å²) in [6.45, 7) is 6.21. The second-order valence-corrected chi connectivity index (χ2v) is 12.1. The summed E-state index contributed by atoms with van der Waals surface area (Å²) in [6.07, 6.45) is 1.68. The average molecular weight is 562 g/mol. The number of thioether (sulfide) groups is 1. The Morgan fingerprint density at radius 3 is 2.72 bits per heavy atom. The minimum absolute atomic E-state index is 0.0375. The number of nitrogens with two attached hydrogens (primary N) is 1. The van der Waals surface area contributed by atoms with Gasteiger partial charge in [-0.25, -0.2) is 4.79 Å². The molecular weight excluding hydrogens is 534 g/mol. The highest BCUT2D eigenvalue weighted by atomic mass is 32.2. The maximum absolute atomic E-state index is 13.4. The van der Waals surface area contributed by atoms with Crippen molar-refractivity contribution in [2.75, 3.05) is 11.5 Å². The zero-order valence-corrected chi connectivity index (χ0v) is 23.4. The minimum Gasteiger partial charge on any atom is -0.462 e. The first kappa shape index (κ1) is 26.7. The van der Waals surface area contributed by atoms with Crippen molar-refractivity contribution in [2.24, 2.45) is 5.73 Å². The number of nitriles is 1. The van der Waals surface area contributed by atoms with Crippen molar-refractivity contribution in [3.63, 3.8) is 0 Å². The van der Waals surface area contributed by atoms with Gasteiger partial charge in [0.15, 0.2) is 10.1 Å². The van der Waals surface area contributed by atoms with Crippen LogP contribution in [0.3, 0.4) is 0 Å². The molecule has 9 nitrogen and oxygen atoms in total. The first-order valence-electron chi connectivity index (χ1n) is 12.7. The van der Waals surface area contributed by atoms with Crippen molar-refractivity contribution in [2.45, 2.75) is 55.5 Å². The van der Waals surface area contributed by atoms with Crippen LogP contribution in [0.4, 0.5) is 5.13 Å². The third-order valence-corrected chi connectivity index (χ3v) is 8.43. The second-order valence-electron chi connectivity index (χ2n) is 9.33. The number of esters is 1. The molecule has 0 bridgehead atoms. The Balaban J connectivity index is 1.54. The van der Waals surface area contributed by atoms with Crippen LogP contribution in [-0.2, 0) is 9.53 Å². The van der Waals surface area contributed by atoms with Gasteiger partial charge < -0.3 is 14.9 Å². The number of carbonyl (C=O) groups is 2. The summed E-state index contributed by atoms with van der Waals surface area (Å²) in [5.41, 5.74) is 9.30. The average Bonchev–Trinajstić information content (AvgIpc) is 3.58. The standard InChI is InChI=1S/C28H27N5O4S2/c1-4-36-26(35)17-10-8-16(9-11-17)21-12-13-22(37-21)23-18(14-29)25(30)33(19-6-5-7-20(34)24(19)23)27-31-32-28(39-27)38-15(2)3/h8-13,15,23H,4-7,30H2,1-3H3/t23-/m1/s1. The Labute approximate surface area is 234 Å². The maximum Gasteiger partial charge on any atom is 0.338 e. The van der Waals surface area contributed by atoms with Crippen LogP contribution in [0, 0.1) is 11.3 Å². The quantitative estimate of drug-likeness (QED) is 0.279. The third-order valence-electron chi connectivity index (χ3n) is 6.43. The molecule has 2 aliphatic rings. The smallest absolute Gasteiger partial charge is 0.338 e. The van der Waals surface area contributed by atoms with Crippen molar-refractivity contribution in [1.82, 2.24) is 10.2 Å². The number of ketones is 1. The van der Waals surface area contributed by atoms with Crippen LogP contribution in [0.25, 0.3) is 11.3 Å². The molecule has 2 N–H and O–H groups in total. The fourth-order valence-corrected chi connectivity index (χ4v) is 6.88. The normalized spacial score (nSPS) is 17.5. The van der Waals surface area contributed by atoms with E-state index in [2.05, 4.69) is 30.1 Å². The van der Waals surface area contributed by atoms with Crippen molar-refractivity contribution < 1.29 is 18.7 Å². The van der Waals surface area contributed by atoms with Gasteiger partial charge in [-0.3, -0.25) is 9.69 Å². The Morgan fingerprint density at radius 2 is 2.03 bits per heavy atom. The van der Waals surface area contributed by atoms with Gasteiger partial charge in [-0.05, 0) is 44.0 Å². The molecule has 0 unspecified atom stereocenters. The maximum atomic E-state index is 13.4. The zero-order chi connectivity index (χ0) is 27.7. The molecule has 3 aromatic rings. The largest absolute Gasteiger partial charge is 0.462 e. The number of carbonyl (C=O) groups excluding carboxylic acids is 2. The van der Waals surface area contributed by atoms with E-state index in [-0.39, 0.29) is 17.2 Å². The monoisotopic (exact) mass is 561 g/mol. The fourth-order valence-electron chi connectivity index (χ4n) is 4.78. The highest BCUT2D eigenvalue weighted by Gasteiger charge is 2.42. The van der Waals surface area contributed by atoms with E-state index in [0.717, 1.165) is 15.6 Å². The fraction of sp³-hybridized carbons (Fsp3) is 0.321.